The second-order valence-electron chi connectivity index (χ2n) is 4.31. The standard InChI is InChI=1S/C15H15Br2NO/c1-18-14(10-2-6-12(16)7-3-10)15(19)11-4-8-13(17)9-5-11/h2-9,14-15,18-19H,1H3. The molecule has 0 spiro atoms. The van der Waals surface area contributed by atoms with Gasteiger partial charge in [0.05, 0.1) is 12.1 Å². The first-order valence-corrected chi connectivity index (χ1v) is 7.56. The monoisotopic (exact) mass is 383 g/mol. The maximum atomic E-state index is 10.5. The molecular formula is C15H15Br2NO. The number of hydrogen-bond donors (Lipinski definition) is 2. The summed E-state index contributed by atoms with van der Waals surface area (Å²) < 4.78 is 2.04. The van der Waals surface area contributed by atoms with Gasteiger partial charge in [-0.25, -0.2) is 0 Å². The molecule has 0 amide bonds. The molecule has 0 aliphatic rings. The summed E-state index contributed by atoms with van der Waals surface area (Å²) in [5, 5.41) is 13.7. The summed E-state index contributed by atoms with van der Waals surface area (Å²) in [5.74, 6) is 0. The lowest BCUT2D eigenvalue weighted by atomic mass is 9.96. The molecule has 0 bridgehead atoms. The van der Waals surface area contributed by atoms with Crippen molar-refractivity contribution >= 4 is 31.9 Å². The van der Waals surface area contributed by atoms with Crippen molar-refractivity contribution in [3.63, 3.8) is 0 Å². The lowest BCUT2D eigenvalue weighted by Gasteiger charge is -2.23. The first-order chi connectivity index (χ1) is 9.11. The van der Waals surface area contributed by atoms with Crippen LogP contribution in [-0.2, 0) is 0 Å². The third-order valence-electron chi connectivity index (χ3n) is 3.07. The number of aliphatic hydroxyl groups excluding tert-OH is 1. The van der Waals surface area contributed by atoms with Gasteiger partial charge in [0.25, 0.3) is 0 Å². The minimum atomic E-state index is -0.584. The van der Waals surface area contributed by atoms with Crippen molar-refractivity contribution in [3.05, 3.63) is 68.6 Å². The lowest BCUT2D eigenvalue weighted by molar-refractivity contribution is 0.133. The lowest BCUT2D eigenvalue weighted by Crippen LogP contribution is -2.23. The summed E-state index contributed by atoms with van der Waals surface area (Å²) in [6.07, 6.45) is -0.584. The Bertz CT molecular complexity index is 525. The molecule has 2 rings (SSSR count). The molecule has 0 fully saturated rings. The molecule has 0 radical (unpaired) electrons. The highest BCUT2D eigenvalue weighted by atomic mass is 79.9. The van der Waals surface area contributed by atoms with Gasteiger partial charge >= 0.3 is 0 Å². The summed E-state index contributed by atoms with van der Waals surface area (Å²) in [6, 6.07) is 15.6. The van der Waals surface area contributed by atoms with Crippen LogP contribution in [0.25, 0.3) is 0 Å². The molecule has 2 aromatic rings. The molecule has 0 heterocycles. The number of hydrogen-bond acceptors (Lipinski definition) is 2. The average molecular weight is 385 g/mol. The quantitative estimate of drug-likeness (QED) is 0.827. The van der Waals surface area contributed by atoms with E-state index < -0.39 is 6.10 Å². The van der Waals surface area contributed by atoms with Crippen molar-refractivity contribution in [3.8, 4) is 0 Å². The van der Waals surface area contributed by atoms with Crippen LogP contribution < -0.4 is 5.32 Å². The zero-order valence-corrected chi connectivity index (χ0v) is 13.6. The molecule has 0 aliphatic carbocycles. The van der Waals surface area contributed by atoms with Gasteiger partial charge in [0.2, 0.25) is 0 Å². The van der Waals surface area contributed by atoms with Crippen molar-refractivity contribution in [2.45, 2.75) is 12.1 Å². The van der Waals surface area contributed by atoms with E-state index >= 15 is 0 Å². The fraction of sp³-hybridized carbons (Fsp3) is 0.200. The minimum Gasteiger partial charge on any atom is -0.386 e. The van der Waals surface area contributed by atoms with E-state index in [4.69, 9.17) is 0 Å². The molecule has 0 aliphatic heterocycles. The maximum Gasteiger partial charge on any atom is 0.0984 e. The molecule has 100 valence electrons. The Hall–Kier alpha value is -0.680. The first-order valence-electron chi connectivity index (χ1n) is 5.98. The van der Waals surface area contributed by atoms with Crippen molar-refractivity contribution in [2.75, 3.05) is 7.05 Å². The summed E-state index contributed by atoms with van der Waals surface area (Å²) in [4.78, 5) is 0. The van der Waals surface area contributed by atoms with Gasteiger partial charge < -0.3 is 10.4 Å². The van der Waals surface area contributed by atoms with Crippen LogP contribution in [0, 0.1) is 0 Å². The smallest absolute Gasteiger partial charge is 0.0984 e. The Morgan fingerprint density at radius 2 is 1.26 bits per heavy atom. The second kappa shape index (κ2) is 6.66. The average Bonchev–Trinajstić information content (AvgIpc) is 2.42. The predicted molar refractivity (Wildman–Crippen MR) is 85.0 cm³/mol. The number of aliphatic hydroxyl groups is 1. The third kappa shape index (κ3) is 3.66. The van der Waals surface area contributed by atoms with E-state index in [1.807, 2.05) is 55.6 Å². The fourth-order valence-electron chi connectivity index (χ4n) is 2.03. The van der Waals surface area contributed by atoms with Crippen LogP contribution in [0.3, 0.4) is 0 Å². The Balaban J connectivity index is 2.26. The van der Waals surface area contributed by atoms with Crippen molar-refractivity contribution in [1.82, 2.24) is 5.32 Å². The third-order valence-corrected chi connectivity index (χ3v) is 4.12. The maximum absolute atomic E-state index is 10.5. The zero-order valence-electron chi connectivity index (χ0n) is 10.5. The van der Waals surface area contributed by atoms with Crippen LogP contribution in [0.2, 0.25) is 0 Å². The number of benzene rings is 2. The number of nitrogens with one attached hydrogen (secondary N) is 1. The number of rotatable bonds is 4. The summed E-state index contributed by atoms with van der Waals surface area (Å²) >= 11 is 6.82. The van der Waals surface area contributed by atoms with Gasteiger partial charge in [0.1, 0.15) is 0 Å². The zero-order chi connectivity index (χ0) is 13.8. The Morgan fingerprint density at radius 3 is 1.68 bits per heavy atom. The molecular weight excluding hydrogens is 370 g/mol. The van der Waals surface area contributed by atoms with Crippen LogP contribution in [-0.4, -0.2) is 12.2 Å². The van der Waals surface area contributed by atoms with E-state index in [2.05, 4.69) is 37.2 Å². The molecule has 0 saturated carbocycles. The van der Waals surface area contributed by atoms with E-state index in [0.717, 1.165) is 20.1 Å². The Morgan fingerprint density at radius 1 is 0.842 bits per heavy atom. The van der Waals surface area contributed by atoms with Crippen LogP contribution in [0.4, 0.5) is 0 Å². The molecule has 2 N–H and O–H groups in total. The Kier molecular flexibility index (Phi) is 5.16. The molecule has 2 unspecified atom stereocenters. The highest BCUT2D eigenvalue weighted by Crippen LogP contribution is 2.29. The first kappa shape index (κ1) is 14.7. The number of likely N-dealkylation sites (N-methyl/N-ethyl adjacent to an activating group) is 1. The number of halogens is 2. The van der Waals surface area contributed by atoms with Gasteiger partial charge in [0, 0.05) is 8.95 Å². The Labute approximate surface area is 130 Å². The SMILES string of the molecule is CNC(c1ccc(Br)cc1)C(O)c1ccc(Br)cc1. The van der Waals surface area contributed by atoms with Crippen LogP contribution >= 0.6 is 31.9 Å². The predicted octanol–water partition coefficient (Wildman–Crippen LogP) is 4.21. The summed E-state index contributed by atoms with van der Waals surface area (Å²) in [5.41, 5.74) is 1.95. The highest BCUT2D eigenvalue weighted by molar-refractivity contribution is 9.10. The second-order valence-corrected chi connectivity index (χ2v) is 6.15. The van der Waals surface area contributed by atoms with Crippen LogP contribution in [0.1, 0.15) is 23.3 Å². The van der Waals surface area contributed by atoms with Crippen molar-refractivity contribution < 1.29 is 5.11 Å². The molecule has 2 atom stereocenters. The van der Waals surface area contributed by atoms with Gasteiger partial charge in [0.15, 0.2) is 0 Å². The van der Waals surface area contributed by atoms with Gasteiger partial charge in [-0.3, -0.25) is 0 Å². The van der Waals surface area contributed by atoms with Gasteiger partial charge in [-0.2, -0.15) is 0 Å². The summed E-state index contributed by atoms with van der Waals surface area (Å²) in [6.45, 7) is 0. The van der Waals surface area contributed by atoms with Crippen molar-refractivity contribution in [2.24, 2.45) is 0 Å². The molecule has 4 heteroatoms. The van der Waals surface area contributed by atoms with Crippen molar-refractivity contribution in [1.29, 1.82) is 0 Å². The molecule has 19 heavy (non-hydrogen) atoms. The van der Waals surface area contributed by atoms with Gasteiger partial charge in [-0.05, 0) is 42.4 Å². The fourth-order valence-corrected chi connectivity index (χ4v) is 2.56. The van der Waals surface area contributed by atoms with E-state index in [-0.39, 0.29) is 6.04 Å². The van der Waals surface area contributed by atoms with E-state index in [0.29, 0.717) is 0 Å². The highest BCUT2D eigenvalue weighted by Gasteiger charge is 2.20. The normalized spacial score (nSPS) is 14.1. The largest absolute Gasteiger partial charge is 0.386 e. The molecule has 2 aromatic carbocycles. The molecule has 0 saturated heterocycles. The van der Waals surface area contributed by atoms with E-state index in [1.165, 1.54) is 0 Å². The molecule has 0 aromatic heterocycles. The molecule has 2 nitrogen and oxygen atoms in total. The van der Waals surface area contributed by atoms with Crippen LogP contribution in [0.15, 0.2) is 57.5 Å². The van der Waals surface area contributed by atoms with Gasteiger partial charge in [-0.15, -0.1) is 0 Å². The van der Waals surface area contributed by atoms with Gasteiger partial charge in [-0.1, -0.05) is 56.1 Å². The van der Waals surface area contributed by atoms with E-state index in [9.17, 15) is 5.11 Å². The van der Waals surface area contributed by atoms with Crippen LogP contribution in [0.5, 0.6) is 0 Å². The summed E-state index contributed by atoms with van der Waals surface area (Å²) in [7, 11) is 1.86. The van der Waals surface area contributed by atoms with E-state index in [1.54, 1.807) is 0 Å². The topological polar surface area (TPSA) is 32.3 Å². The minimum absolute atomic E-state index is 0.130.